The maximum atomic E-state index is 11.9. The number of nitrogens with one attached hydrogen (secondary N) is 2. The van der Waals surface area contributed by atoms with Gasteiger partial charge in [-0.15, -0.1) is 0 Å². The first-order valence-electron chi connectivity index (χ1n) is 7.00. The molecule has 2 N–H and O–H groups in total. The molecule has 20 heavy (non-hydrogen) atoms. The van der Waals surface area contributed by atoms with Crippen LogP contribution in [0.2, 0.25) is 0 Å². The lowest BCUT2D eigenvalue weighted by atomic mass is 10.1. The number of amides is 1. The number of carbonyl (C=O) groups is 1. The van der Waals surface area contributed by atoms with Gasteiger partial charge in [0.1, 0.15) is 5.75 Å². The topological polar surface area (TPSA) is 50.4 Å². The molecule has 4 heteroatoms. The van der Waals surface area contributed by atoms with Gasteiger partial charge in [0.25, 0.3) is 0 Å². The van der Waals surface area contributed by atoms with Gasteiger partial charge >= 0.3 is 0 Å². The molecule has 0 aliphatic carbocycles. The lowest BCUT2D eigenvalue weighted by Gasteiger charge is -2.21. The largest absolute Gasteiger partial charge is 0.497 e. The summed E-state index contributed by atoms with van der Waals surface area (Å²) in [5.41, 5.74) is 1.12. The van der Waals surface area contributed by atoms with Crippen molar-refractivity contribution >= 4 is 5.91 Å². The first-order chi connectivity index (χ1) is 9.31. The minimum absolute atomic E-state index is 0.00282. The number of rotatable bonds is 6. The van der Waals surface area contributed by atoms with Crippen LogP contribution in [0.25, 0.3) is 0 Å². The Balaban J connectivity index is 2.40. The highest BCUT2D eigenvalue weighted by atomic mass is 16.5. The van der Waals surface area contributed by atoms with Gasteiger partial charge in [0.2, 0.25) is 5.91 Å². The van der Waals surface area contributed by atoms with Crippen molar-refractivity contribution in [2.75, 3.05) is 13.7 Å². The van der Waals surface area contributed by atoms with E-state index in [0.29, 0.717) is 13.0 Å². The molecule has 1 atom stereocenters. The van der Waals surface area contributed by atoms with Crippen LogP contribution in [0.15, 0.2) is 24.3 Å². The van der Waals surface area contributed by atoms with Gasteiger partial charge in [0, 0.05) is 18.5 Å². The van der Waals surface area contributed by atoms with Crippen LogP contribution in [-0.4, -0.2) is 25.1 Å². The van der Waals surface area contributed by atoms with Crippen LogP contribution in [0, 0.1) is 0 Å². The third-order valence-corrected chi connectivity index (χ3v) is 3.00. The van der Waals surface area contributed by atoms with Crippen LogP contribution in [-0.2, 0) is 4.79 Å². The fraction of sp³-hybridized carbons (Fsp3) is 0.562. The van der Waals surface area contributed by atoms with Crippen LogP contribution >= 0.6 is 0 Å². The molecule has 0 aromatic heterocycles. The fourth-order valence-electron chi connectivity index (χ4n) is 1.84. The number of ether oxygens (including phenoxy) is 1. The van der Waals surface area contributed by atoms with Crippen molar-refractivity contribution in [3.8, 4) is 5.75 Å². The van der Waals surface area contributed by atoms with Gasteiger partial charge in [-0.3, -0.25) is 4.79 Å². The number of carbonyl (C=O) groups excluding carboxylic acids is 1. The summed E-state index contributed by atoms with van der Waals surface area (Å²) in [7, 11) is 1.64. The maximum absolute atomic E-state index is 11.9. The Kier molecular flexibility index (Phi) is 6.02. The Morgan fingerprint density at radius 3 is 2.35 bits per heavy atom. The summed E-state index contributed by atoms with van der Waals surface area (Å²) in [6.45, 7) is 8.93. The second-order valence-corrected chi connectivity index (χ2v) is 5.99. The molecule has 0 aliphatic heterocycles. The summed E-state index contributed by atoms with van der Waals surface area (Å²) < 4.78 is 5.12. The molecule has 1 aromatic carbocycles. The Labute approximate surface area is 121 Å². The molecule has 1 rings (SSSR count). The van der Waals surface area contributed by atoms with E-state index >= 15 is 0 Å². The van der Waals surface area contributed by atoms with Gasteiger partial charge in [-0.1, -0.05) is 12.1 Å². The SMILES string of the molecule is COc1ccc([C@@H](C)NC(=O)CCNC(C)(C)C)cc1. The number of benzene rings is 1. The first kappa shape index (κ1) is 16.5. The molecular weight excluding hydrogens is 252 g/mol. The summed E-state index contributed by atoms with van der Waals surface area (Å²) in [5.74, 6) is 0.881. The lowest BCUT2D eigenvalue weighted by Crippen LogP contribution is -2.38. The normalized spacial score (nSPS) is 12.8. The van der Waals surface area contributed by atoms with Gasteiger partial charge in [-0.2, -0.15) is 0 Å². The van der Waals surface area contributed by atoms with Gasteiger partial charge in [-0.25, -0.2) is 0 Å². The minimum atomic E-state index is 0.00282. The van der Waals surface area contributed by atoms with E-state index in [1.807, 2.05) is 31.2 Å². The van der Waals surface area contributed by atoms with Crippen molar-refractivity contribution < 1.29 is 9.53 Å². The van der Waals surface area contributed by atoms with Crippen LogP contribution in [0.4, 0.5) is 0 Å². The van der Waals surface area contributed by atoms with E-state index in [9.17, 15) is 4.79 Å². The van der Waals surface area contributed by atoms with Crippen molar-refractivity contribution in [2.24, 2.45) is 0 Å². The first-order valence-corrected chi connectivity index (χ1v) is 7.00. The van der Waals surface area contributed by atoms with Gasteiger partial charge < -0.3 is 15.4 Å². The highest BCUT2D eigenvalue weighted by Gasteiger charge is 2.12. The van der Waals surface area contributed by atoms with Crippen LogP contribution < -0.4 is 15.4 Å². The molecule has 0 spiro atoms. The van der Waals surface area contributed by atoms with Crippen LogP contribution in [0.5, 0.6) is 5.75 Å². The number of hydrogen-bond acceptors (Lipinski definition) is 3. The summed E-state index contributed by atoms with van der Waals surface area (Å²) in [4.78, 5) is 11.9. The fourth-order valence-corrected chi connectivity index (χ4v) is 1.84. The summed E-state index contributed by atoms with van der Waals surface area (Å²) in [5, 5.41) is 6.30. The zero-order valence-corrected chi connectivity index (χ0v) is 13.1. The van der Waals surface area contributed by atoms with E-state index in [1.165, 1.54) is 0 Å². The third kappa shape index (κ3) is 6.06. The Bertz CT molecular complexity index is 421. The second-order valence-electron chi connectivity index (χ2n) is 5.99. The molecule has 0 heterocycles. The molecule has 0 saturated heterocycles. The quantitative estimate of drug-likeness (QED) is 0.841. The number of hydrogen-bond donors (Lipinski definition) is 2. The predicted octanol–water partition coefficient (Wildman–Crippen LogP) is 2.65. The van der Waals surface area contributed by atoms with Crippen molar-refractivity contribution in [2.45, 2.75) is 45.7 Å². The predicted molar refractivity (Wildman–Crippen MR) is 81.9 cm³/mol. The summed E-state index contributed by atoms with van der Waals surface area (Å²) >= 11 is 0. The van der Waals surface area contributed by atoms with Crippen LogP contribution in [0.1, 0.15) is 45.7 Å². The van der Waals surface area contributed by atoms with E-state index in [0.717, 1.165) is 11.3 Å². The molecule has 0 fully saturated rings. The molecule has 1 amide bonds. The lowest BCUT2D eigenvalue weighted by molar-refractivity contribution is -0.121. The van der Waals surface area contributed by atoms with Gasteiger partial charge in [-0.05, 0) is 45.4 Å². The standard InChI is InChI=1S/C16H26N2O2/c1-12(13-6-8-14(20-5)9-7-13)18-15(19)10-11-17-16(2,3)4/h6-9,12,17H,10-11H2,1-5H3,(H,18,19)/t12-/m1/s1. The highest BCUT2D eigenvalue weighted by molar-refractivity contribution is 5.76. The summed E-state index contributed by atoms with van der Waals surface area (Å²) in [6, 6.07) is 7.75. The zero-order valence-electron chi connectivity index (χ0n) is 13.1. The van der Waals surface area contributed by atoms with Crippen LogP contribution in [0.3, 0.4) is 0 Å². The smallest absolute Gasteiger partial charge is 0.221 e. The molecule has 0 radical (unpaired) electrons. The Hall–Kier alpha value is -1.55. The van der Waals surface area contributed by atoms with Crippen molar-refractivity contribution in [1.29, 1.82) is 0 Å². The minimum Gasteiger partial charge on any atom is -0.497 e. The van der Waals surface area contributed by atoms with Crippen molar-refractivity contribution in [3.63, 3.8) is 0 Å². The molecule has 0 bridgehead atoms. The second kappa shape index (κ2) is 7.29. The molecule has 4 nitrogen and oxygen atoms in total. The summed E-state index contributed by atoms with van der Waals surface area (Å²) in [6.07, 6.45) is 0.484. The van der Waals surface area contributed by atoms with E-state index < -0.39 is 0 Å². The van der Waals surface area contributed by atoms with E-state index in [2.05, 4.69) is 31.4 Å². The van der Waals surface area contributed by atoms with Gasteiger partial charge in [0.15, 0.2) is 0 Å². The Morgan fingerprint density at radius 1 is 1.25 bits per heavy atom. The monoisotopic (exact) mass is 278 g/mol. The van der Waals surface area contributed by atoms with Gasteiger partial charge in [0.05, 0.1) is 13.2 Å². The molecule has 0 unspecified atom stereocenters. The van der Waals surface area contributed by atoms with Crippen molar-refractivity contribution in [1.82, 2.24) is 10.6 Å². The molecule has 0 aliphatic rings. The van der Waals surface area contributed by atoms with E-state index in [-0.39, 0.29) is 17.5 Å². The van der Waals surface area contributed by atoms with Crippen molar-refractivity contribution in [3.05, 3.63) is 29.8 Å². The average molecular weight is 278 g/mol. The third-order valence-electron chi connectivity index (χ3n) is 3.00. The molecule has 0 saturated carbocycles. The zero-order chi connectivity index (χ0) is 15.2. The molecular formula is C16H26N2O2. The average Bonchev–Trinajstić information content (AvgIpc) is 2.37. The van der Waals surface area contributed by atoms with E-state index in [1.54, 1.807) is 7.11 Å². The van der Waals surface area contributed by atoms with E-state index in [4.69, 9.17) is 4.74 Å². The maximum Gasteiger partial charge on any atom is 0.221 e. The number of methoxy groups -OCH3 is 1. The molecule has 112 valence electrons. The molecule has 1 aromatic rings. The highest BCUT2D eigenvalue weighted by Crippen LogP contribution is 2.17. The Morgan fingerprint density at radius 2 is 1.85 bits per heavy atom.